The summed E-state index contributed by atoms with van der Waals surface area (Å²) in [5, 5.41) is 5.54. The van der Waals surface area contributed by atoms with Crippen molar-refractivity contribution in [2.45, 2.75) is 75.5 Å². The number of H-pyrrole nitrogens is 2. The molecule has 14 nitrogen and oxygen atoms in total. The van der Waals surface area contributed by atoms with E-state index in [0.717, 1.165) is 107 Å². The van der Waals surface area contributed by atoms with Crippen LogP contribution in [0.3, 0.4) is 0 Å². The summed E-state index contributed by atoms with van der Waals surface area (Å²) >= 11 is 0. The molecule has 2 saturated carbocycles. The summed E-state index contributed by atoms with van der Waals surface area (Å²) in [6.07, 6.45) is 5.84. The molecule has 2 saturated heterocycles. The molecule has 0 radical (unpaired) electrons. The second-order valence-corrected chi connectivity index (χ2v) is 15.6. The predicted octanol–water partition coefficient (Wildman–Crippen LogP) is 6.37. The number of likely N-dealkylation sites (tertiary alicyclic amines) is 2. The maximum atomic E-state index is 13.7. The Bertz CT molecular complexity index is 2150. The second kappa shape index (κ2) is 14.6. The Labute approximate surface area is 323 Å². The molecule has 9 rings (SSSR count). The lowest BCUT2D eigenvalue weighted by molar-refractivity contribution is -0.135. The van der Waals surface area contributed by atoms with Crippen LogP contribution in [-0.2, 0) is 19.1 Å². The van der Waals surface area contributed by atoms with E-state index in [0.29, 0.717) is 13.1 Å². The number of methoxy groups -OCH3 is 2. The molecule has 56 heavy (non-hydrogen) atoms. The Balaban J connectivity index is 0.899. The topological polar surface area (TPSA) is 175 Å². The van der Waals surface area contributed by atoms with E-state index in [4.69, 9.17) is 19.4 Å². The fourth-order valence-corrected chi connectivity index (χ4v) is 8.57. The van der Waals surface area contributed by atoms with Gasteiger partial charge in [-0.3, -0.25) is 9.59 Å². The van der Waals surface area contributed by atoms with Crippen molar-refractivity contribution in [1.82, 2.24) is 40.4 Å². The van der Waals surface area contributed by atoms with Crippen LogP contribution in [0.25, 0.3) is 44.3 Å². The van der Waals surface area contributed by atoms with Crippen LogP contribution in [0.4, 0.5) is 9.59 Å². The molecule has 4 fully saturated rings. The van der Waals surface area contributed by atoms with Crippen LogP contribution in [0.15, 0.2) is 60.7 Å². The van der Waals surface area contributed by atoms with Crippen molar-refractivity contribution in [2.24, 2.45) is 11.8 Å². The van der Waals surface area contributed by atoms with Crippen LogP contribution in [0.1, 0.15) is 75.1 Å². The van der Waals surface area contributed by atoms with Crippen molar-refractivity contribution >= 4 is 46.1 Å². The van der Waals surface area contributed by atoms with Gasteiger partial charge in [0.25, 0.3) is 0 Å². The highest BCUT2D eigenvalue weighted by Gasteiger charge is 2.44. The van der Waals surface area contributed by atoms with Crippen molar-refractivity contribution in [3.63, 3.8) is 0 Å². The average Bonchev–Trinajstić information content (AvgIpc) is 4.00. The van der Waals surface area contributed by atoms with Crippen molar-refractivity contribution < 1.29 is 28.7 Å². The van der Waals surface area contributed by atoms with Crippen LogP contribution < -0.4 is 10.6 Å². The number of amides is 4. The molecule has 0 spiro atoms. The van der Waals surface area contributed by atoms with Gasteiger partial charge >= 0.3 is 12.2 Å². The summed E-state index contributed by atoms with van der Waals surface area (Å²) in [5.41, 5.74) is 7.69. The third-order valence-electron chi connectivity index (χ3n) is 11.9. The molecule has 3 aromatic carbocycles. The number of alkyl carbamates (subject to hydrolysis) is 2. The highest BCUT2D eigenvalue weighted by Crippen LogP contribution is 2.40. The van der Waals surface area contributed by atoms with Gasteiger partial charge < -0.3 is 39.9 Å². The molecule has 0 bridgehead atoms. The molecule has 4 unspecified atom stereocenters. The van der Waals surface area contributed by atoms with Gasteiger partial charge in [0.05, 0.1) is 48.4 Å². The van der Waals surface area contributed by atoms with Crippen LogP contribution >= 0.6 is 0 Å². The first kappa shape index (κ1) is 35.8. The third kappa shape index (κ3) is 6.92. The molecule has 4 amide bonds. The molecule has 4 aliphatic rings. The van der Waals surface area contributed by atoms with E-state index >= 15 is 0 Å². The van der Waals surface area contributed by atoms with E-state index in [9.17, 15) is 19.2 Å². The number of nitrogens with one attached hydrogen (secondary N) is 4. The molecule has 2 aliphatic carbocycles. The van der Waals surface area contributed by atoms with E-state index in [1.165, 1.54) is 14.2 Å². The molecule has 290 valence electrons. The molecular weight excluding hydrogens is 713 g/mol. The van der Waals surface area contributed by atoms with Gasteiger partial charge in [-0.05, 0) is 110 Å². The summed E-state index contributed by atoms with van der Waals surface area (Å²) in [5.74, 6) is 1.65. The van der Waals surface area contributed by atoms with Crippen molar-refractivity contribution in [3.05, 3.63) is 72.3 Å². The molecule has 4 N–H and O–H groups in total. The Hall–Kier alpha value is -5.92. The van der Waals surface area contributed by atoms with E-state index < -0.39 is 24.3 Å². The molecule has 5 aromatic rings. The zero-order valence-electron chi connectivity index (χ0n) is 31.5. The van der Waals surface area contributed by atoms with E-state index in [-0.39, 0.29) is 35.7 Å². The standard InChI is InChI=1S/C42H46N8O6/c1-55-41(53)47-35(25-11-12-25)39(51)49-19-3-5-33(49)37-43-29-17-15-27(21-31(29)45-37)23-7-9-24(10-8-23)28-16-18-30-32(22-28)46-38(44-30)34-6-4-20-50(34)40(52)36(26-13-14-26)48-42(54)56-2/h7-10,15-18,21-22,25-26,33-36H,3-6,11-14,19-20H2,1-2H3,(H,43,45)(H,44,46)(H,47,53)(H,48,54). The Morgan fingerprint density at radius 3 is 1.38 bits per heavy atom. The zero-order chi connectivity index (χ0) is 38.5. The highest BCUT2D eigenvalue weighted by atomic mass is 16.5. The molecule has 14 heteroatoms. The number of aromatic nitrogens is 4. The second-order valence-electron chi connectivity index (χ2n) is 15.6. The van der Waals surface area contributed by atoms with Gasteiger partial charge in [-0.25, -0.2) is 19.6 Å². The van der Waals surface area contributed by atoms with Gasteiger partial charge in [0, 0.05) is 13.1 Å². The largest absolute Gasteiger partial charge is 0.453 e. The number of imidazole rings is 2. The number of hydrogen-bond donors (Lipinski definition) is 4. The quantitative estimate of drug-likeness (QED) is 0.127. The van der Waals surface area contributed by atoms with Crippen LogP contribution in [0.2, 0.25) is 0 Å². The summed E-state index contributed by atoms with van der Waals surface area (Å²) in [7, 11) is 2.63. The molecule has 2 aliphatic heterocycles. The minimum absolute atomic E-state index is 0.0747. The maximum absolute atomic E-state index is 13.7. The number of carbonyl (C=O) groups excluding carboxylic acids is 4. The normalized spacial score (nSPS) is 20.6. The minimum Gasteiger partial charge on any atom is -0.453 e. The highest BCUT2D eigenvalue weighted by molar-refractivity contribution is 5.89. The number of hydrogen-bond acceptors (Lipinski definition) is 8. The van der Waals surface area contributed by atoms with Crippen LogP contribution in [0.5, 0.6) is 0 Å². The first-order chi connectivity index (χ1) is 27.3. The number of fused-ring (bicyclic) bond motifs is 2. The predicted molar refractivity (Wildman–Crippen MR) is 208 cm³/mol. The van der Waals surface area contributed by atoms with Crippen LogP contribution in [-0.4, -0.2) is 93.1 Å². The SMILES string of the molecule is COC(=O)NC(C(=O)N1CCCC1c1nc2ccc(-c3ccc(-c4ccc5nc(C6CCCN6C(=O)C(NC(=O)OC)C6CC6)[nH]c5c4)cc3)cc2[nH]1)C1CC1. The monoisotopic (exact) mass is 758 g/mol. The van der Waals surface area contributed by atoms with Gasteiger partial charge in [0.1, 0.15) is 23.7 Å². The first-order valence-electron chi connectivity index (χ1n) is 19.7. The van der Waals surface area contributed by atoms with Crippen LogP contribution in [0, 0.1) is 11.8 Å². The smallest absolute Gasteiger partial charge is 0.407 e. The van der Waals surface area contributed by atoms with Gasteiger partial charge in [-0.15, -0.1) is 0 Å². The van der Waals surface area contributed by atoms with Crippen molar-refractivity contribution in [2.75, 3.05) is 27.3 Å². The van der Waals surface area contributed by atoms with E-state index in [1.54, 1.807) is 0 Å². The van der Waals surface area contributed by atoms with Gasteiger partial charge in [0.15, 0.2) is 0 Å². The van der Waals surface area contributed by atoms with E-state index in [1.807, 2.05) is 21.9 Å². The number of nitrogens with zero attached hydrogens (tertiary/aromatic N) is 4. The summed E-state index contributed by atoms with van der Waals surface area (Å²) in [6, 6.07) is 19.3. The summed E-state index contributed by atoms with van der Waals surface area (Å²) < 4.78 is 9.60. The number of ether oxygens (including phenoxy) is 2. The Morgan fingerprint density at radius 1 is 0.607 bits per heavy atom. The van der Waals surface area contributed by atoms with Gasteiger partial charge in [0.2, 0.25) is 11.8 Å². The lowest BCUT2D eigenvalue weighted by Crippen LogP contribution is -2.49. The number of carbonyl (C=O) groups is 4. The average molecular weight is 759 g/mol. The molecule has 4 atom stereocenters. The third-order valence-corrected chi connectivity index (χ3v) is 11.9. The fourth-order valence-electron chi connectivity index (χ4n) is 8.57. The maximum Gasteiger partial charge on any atom is 0.407 e. The summed E-state index contributed by atoms with van der Waals surface area (Å²) in [4.78, 5) is 71.9. The number of rotatable bonds is 10. The van der Waals surface area contributed by atoms with Crippen molar-refractivity contribution in [1.29, 1.82) is 0 Å². The first-order valence-corrected chi connectivity index (χ1v) is 19.7. The molecular formula is C42H46N8O6. The summed E-state index contributed by atoms with van der Waals surface area (Å²) in [6.45, 7) is 1.24. The van der Waals surface area contributed by atoms with E-state index in [2.05, 4.69) is 69.1 Å². The Kier molecular flexibility index (Phi) is 9.34. The molecule has 4 heterocycles. The number of benzene rings is 3. The molecule has 2 aromatic heterocycles. The lowest BCUT2D eigenvalue weighted by atomic mass is 10.00. The minimum atomic E-state index is -0.583. The Morgan fingerprint density at radius 2 is 1.00 bits per heavy atom. The van der Waals surface area contributed by atoms with Crippen molar-refractivity contribution in [3.8, 4) is 22.3 Å². The van der Waals surface area contributed by atoms with Gasteiger partial charge in [-0.2, -0.15) is 0 Å². The fraction of sp³-hybridized carbons (Fsp3) is 0.429. The van der Waals surface area contributed by atoms with Gasteiger partial charge in [-0.1, -0.05) is 36.4 Å². The lowest BCUT2D eigenvalue weighted by Gasteiger charge is -2.28. The zero-order valence-corrected chi connectivity index (χ0v) is 31.5. The number of aromatic amines is 2.